The lowest BCUT2D eigenvalue weighted by Gasteiger charge is -2.14. The topological polar surface area (TPSA) is 51.2 Å². The number of nitrogens with zero attached hydrogens (tertiary/aromatic N) is 1. The van der Waals surface area contributed by atoms with E-state index in [4.69, 9.17) is 5.73 Å². The van der Waals surface area contributed by atoms with Gasteiger partial charge in [0.15, 0.2) is 0 Å². The number of hydrogen-bond donors (Lipinski definition) is 2. The van der Waals surface area contributed by atoms with Crippen molar-refractivity contribution < 1.29 is 5.11 Å². The van der Waals surface area contributed by atoms with Crippen molar-refractivity contribution in [2.24, 2.45) is 0 Å². The zero-order valence-electron chi connectivity index (χ0n) is 14.4. The van der Waals surface area contributed by atoms with Gasteiger partial charge in [-0.25, -0.2) is 0 Å². The van der Waals surface area contributed by atoms with Gasteiger partial charge in [0.1, 0.15) is 0 Å². The summed E-state index contributed by atoms with van der Waals surface area (Å²) in [5, 5.41) is 13.0. The third kappa shape index (κ3) is 4.04. The van der Waals surface area contributed by atoms with E-state index >= 15 is 0 Å². The Bertz CT molecular complexity index is 1070. The number of halogens is 2. The number of nitrogens with two attached hydrogens (primary N) is 1. The first-order valence-corrected chi connectivity index (χ1v) is 11.1. The van der Waals surface area contributed by atoms with Crippen LogP contribution in [-0.4, -0.2) is 21.5 Å². The van der Waals surface area contributed by atoms with E-state index in [0.29, 0.717) is 12.3 Å². The van der Waals surface area contributed by atoms with Gasteiger partial charge in [-0.3, -0.25) is 0 Å². The summed E-state index contributed by atoms with van der Waals surface area (Å²) in [7, 11) is 0. The molecule has 0 fully saturated rings. The van der Waals surface area contributed by atoms with Crippen LogP contribution in [0.4, 0.5) is 5.69 Å². The molecule has 0 amide bonds. The molecule has 3 nitrogen and oxygen atoms in total. The number of hydrogen-bond acceptors (Lipinski definition) is 3. The highest BCUT2D eigenvalue weighted by Gasteiger charge is 2.15. The molecule has 0 radical (unpaired) electrons. The number of rotatable bonds is 5. The largest absolute Gasteiger partial charge is 0.399 e. The number of aliphatic hydroxyl groups is 1. The Morgan fingerprint density at radius 2 is 1.56 bits per heavy atom. The molecule has 0 aliphatic rings. The second kappa shape index (κ2) is 7.87. The number of aliphatic hydroxyl groups excluding tert-OH is 1. The van der Waals surface area contributed by atoms with Crippen molar-refractivity contribution >= 4 is 71.1 Å². The average Bonchev–Trinajstić information content (AvgIpc) is 2.92. The smallest absolute Gasteiger partial charge is 0.0813 e. The lowest BCUT2D eigenvalue weighted by Crippen LogP contribution is -2.18. The average molecular weight is 506 g/mol. The number of nitrogen functional groups attached to an aromatic ring is 1. The first kappa shape index (κ1) is 18.9. The number of aromatic nitrogens is 1. The van der Waals surface area contributed by atoms with E-state index in [-0.39, 0.29) is 0 Å². The fourth-order valence-corrected chi connectivity index (χ4v) is 4.91. The zero-order chi connectivity index (χ0) is 19.0. The first-order valence-electron chi connectivity index (χ1n) is 8.55. The molecule has 4 aromatic rings. The molecule has 4 rings (SSSR count). The van der Waals surface area contributed by atoms with Gasteiger partial charge >= 0.3 is 0 Å². The Morgan fingerprint density at radius 1 is 0.926 bits per heavy atom. The number of fused-ring (bicyclic) bond motifs is 3. The lowest BCUT2D eigenvalue weighted by atomic mass is 10.2. The van der Waals surface area contributed by atoms with Gasteiger partial charge < -0.3 is 15.4 Å². The lowest BCUT2D eigenvalue weighted by molar-refractivity contribution is 0.181. The molecule has 1 atom stereocenters. The van der Waals surface area contributed by atoms with E-state index < -0.39 is 6.10 Å². The van der Waals surface area contributed by atoms with E-state index in [0.717, 1.165) is 30.6 Å². The predicted molar refractivity (Wildman–Crippen MR) is 122 cm³/mol. The van der Waals surface area contributed by atoms with Gasteiger partial charge in [-0.2, -0.15) is 0 Å². The Kier molecular flexibility index (Phi) is 5.50. The Hall–Kier alpha value is -1.47. The van der Waals surface area contributed by atoms with Crippen molar-refractivity contribution in [3.8, 4) is 0 Å². The minimum absolute atomic E-state index is 0.470. The molecule has 0 bridgehead atoms. The molecule has 0 aliphatic heterocycles. The van der Waals surface area contributed by atoms with Gasteiger partial charge in [-0.1, -0.05) is 37.9 Å². The van der Waals surface area contributed by atoms with Crippen LogP contribution in [0.5, 0.6) is 0 Å². The third-order valence-electron chi connectivity index (χ3n) is 4.48. The molecule has 0 aliphatic carbocycles. The summed E-state index contributed by atoms with van der Waals surface area (Å²) >= 11 is 8.76. The second-order valence-electron chi connectivity index (χ2n) is 6.47. The SMILES string of the molecule is Nc1cccc(SCC(O)Cn2c3ccc(Br)cc3c3cc(Br)ccc32)c1. The van der Waals surface area contributed by atoms with E-state index in [9.17, 15) is 5.11 Å². The summed E-state index contributed by atoms with van der Waals surface area (Å²) in [6, 6.07) is 20.3. The quantitative estimate of drug-likeness (QED) is 0.256. The molecule has 27 heavy (non-hydrogen) atoms. The van der Waals surface area contributed by atoms with Crippen LogP contribution in [0.2, 0.25) is 0 Å². The van der Waals surface area contributed by atoms with Crippen molar-refractivity contribution in [1.29, 1.82) is 0 Å². The molecule has 1 aromatic heterocycles. The highest BCUT2D eigenvalue weighted by molar-refractivity contribution is 9.10. The standard InChI is InChI=1S/C21H18Br2N2OS/c22-13-4-6-20-18(8-13)19-9-14(23)5-7-21(19)25(20)11-16(26)12-27-17-3-1-2-15(24)10-17/h1-10,16,26H,11-12,24H2. The fraction of sp³-hybridized carbons (Fsp3) is 0.143. The monoisotopic (exact) mass is 504 g/mol. The highest BCUT2D eigenvalue weighted by atomic mass is 79.9. The van der Waals surface area contributed by atoms with Crippen LogP contribution in [0.25, 0.3) is 21.8 Å². The summed E-state index contributed by atoms with van der Waals surface area (Å²) in [6.07, 6.45) is -0.470. The normalized spacial score (nSPS) is 12.7. The maximum absolute atomic E-state index is 10.7. The summed E-state index contributed by atoms with van der Waals surface area (Å²) < 4.78 is 4.30. The molecule has 0 spiro atoms. The number of benzene rings is 3. The van der Waals surface area contributed by atoms with E-state index in [2.05, 4.69) is 60.7 Å². The van der Waals surface area contributed by atoms with Crippen LogP contribution in [0.15, 0.2) is 74.5 Å². The maximum atomic E-state index is 10.7. The zero-order valence-corrected chi connectivity index (χ0v) is 18.4. The fourth-order valence-electron chi connectivity index (χ4n) is 3.31. The van der Waals surface area contributed by atoms with E-state index in [1.165, 1.54) is 10.8 Å². The van der Waals surface area contributed by atoms with Crippen LogP contribution in [0.3, 0.4) is 0 Å². The summed E-state index contributed by atoms with van der Waals surface area (Å²) in [5.74, 6) is 0.609. The van der Waals surface area contributed by atoms with Gasteiger partial charge in [0.05, 0.1) is 6.10 Å². The Morgan fingerprint density at radius 3 is 2.15 bits per heavy atom. The molecule has 1 heterocycles. The molecule has 0 saturated heterocycles. The van der Waals surface area contributed by atoms with Crippen LogP contribution < -0.4 is 5.73 Å². The van der Waals surface area contributed by atoms with Crippen molar-refractivity contribution in [3.63, 3.8) is 0 Å². The molecular formula is C21H18Br2N2OS. The number of thioether (sulfide) groups is 1. The minimum Gasteiger partial charge on any atom is -0.399 e. The Balaban J connectivity index is 1.64. The van der Waals surface area contributed by atoms with Crippen LogP contribution in [0.1, 0.15) is 0 Å². The summed E-state index contributed by atoms with van der Waals surface area (Å²) in [5.41, 5.74) is 8.83. The van der Waals surface area contributed by atoms with Crippen LogP contribution in [0, 0.1) is 0 Å². The van der Waals surface area contributed by atoms with Gasteiger partial charge in [0.25, 0.3) is 0 Å². The van der Waals surface area contributed by atoms with Crippen molar-refractivity contribution in [1.82, 2.24) is 4.57 Å². The molecule has 0 saturated carbocycles. The first-order chi connectivity index (χ1) is 13.0. The minimum atomic E-state index is -0.470. The second-order valence-corrected chi connectivity index (χ2v) is 9.40. The van der Waals surface area contributed by atoms with Crippen LogP contribution >= 0.6 is 43.6 Å². The highest BCUT2D eigenvalue weighted by Crippen LogP contribution is 2.33. The predicted octanol–water partition coefficient (Wildman–Crippen LogP) is 6.05. The summed E-state index contributed by atoms with van der Waals surface area (Å²) in [6.45, 7) is 0.540. The third-order valence-corrected chi connectivity index (χ3v) is 6.61. The number of anilines is 1. The van der Waals surface area contributed by atoms with Crippen molar-refractivity contribution in [2.45, 2.75) is 17.5 Å². The summed E-state index contributed by atoms with van der Waals surface area (Å²) in [4.78, 5) is 1.07. The van der Waals surface area contributed by atoms with Crippen molar-refractivity contribution in [3.05, 3.63) is 69.6 Å². The van der Waals surface area contributed by atoms with Gasteiger partial charge in [0, 0.05) is 53.6 Å². The van der Waals surface area contributed by atoms with Crippen LogP contribution in [-0.2, 0) is 6.54 Å². The molecule has 3 N–H and O–H groups in total. The van der Waals surface area contributed by atoms with E-state index in [1.807, 2.05) is 36.4 Å². The van der Waals surface area contributed by atoms with Gasteiger partial charge in [-0.15, -0.1) is 11.8 Å². The van der Waals surface area contributed by atoms with Crippen molar-refractivity contribution in [2.75, 3.05) is 11.5 Å². The Labute approximate surface area is 178 Å². The van der Waals surface area contributed by atoms with E-state index in [1.54, 1.807) is 11.8 Å². The molecule has 6 heteroatoms. The maximum Gasteiger partial charge on any atom is 0.0813 e. The molecule has 1 unspecified atom stereocenters. The molecule has 3 aromatic carbocycles. The van der Waals surface area contributed by atoms with Gasteiger partial charge in [-0.05, 0) is 54.6 Å². The molecular weight excluding hydrogens is 488 g/mol. The van der Waals surface area contributed by atoms with Gasteiger partial charge in [0.2, 0.25) is 0 Å². The molecule has 138 valence electrons.